The highest BCUT2D eigenvalue weighted by molar-refractivity contribution is 4.40. The van der Waals surface area contributed by atoms with E-state index in [1.165, 1.54) is 0 Å². The SMILES string of the molecule is CN(C)CCOCCCN. The van der Waals surface area contributed by atoms with Gasteiger partial charge in [0.15, 0.2) is 0 Å². The van der Waals surface area contributed by atoms with Crippen LogP contribution in [0.2, 0.25) is 0 Å². The molecule has 0 aromatic carbocycles. The van der Waals surface area contributed by atoms with Crippen LogP contribution in [-0.4, -0.2) is 45.3 Å². The van der Waals surface area contributed by atoms with Crippen LogP contribution in [0, 0.1) is 0 Å². The highest BCUT2D eigenvalue weighted by Gasteiger charge is 1.89. The van der Waals surface area contributed by atoms with Gasteiger partial charge in [-0.25, -0.2) is 0 Å². The van der Waals surface area contributed by atoms with Crippen molar-refractivity contribution in [3.05, 3.63) is 0 Å². The fourth-order valence-electron chi connectivity index (χ4n) is 0.535. The summed E-state index contributed by atoms with van der Waals surface area (Å²) in [5.41, 5.74) is 5.28. The molecule has 0 heterocycles. The van der Waals surface area contributed by atoms with Gasteiger partial charge in [0, 0.05) is 13.2 Å². The zero-order valence-electron chi connectivity index (χ0n) is 6.97. The average Bonchev–Trinajstić information content (AvgIpc) is 1.87. The Hall–Kier alpha value is -0.120. The largest absolute Gasteiger partial charge is 0.380 e. The van der Waals surface area contributed by atoms with E-state index in [9.17, 15) is 0 Å². The molecule has 0 radical (unpaired) electrons. The lowest BCUT2D eigenvalue weighted by Crippen LogP contribution is -2.18. The molecule has 0 bridgehead atoms. The molecule has 0 aliphatic rings. The van der Waals surface area contributed by atoms with Crippen molar-refractivity contribution in [2.24, 2.45) is 5.73 Å². The quantitative estimate of drug-likeness (QED) is 0.532. The second kappa shape index (κ2) is 6.99. The Balaban J connectivity index is 2.77. The molecule has 2 N–H and O–H groups in total. The Morgan fingerprint density at radius 3 is 2.50 bits per heavy atom. The second-order valence-electron chi connectivity index (χ2n) is 2.56. The summed E-state index contributed by atoms with van der Waals surface area (Å²) < 4.78 is 5.26. The maximum Gasteiger partial charge on any atom is 0.0593 e. The summed E-state index contributed by atoms with van der Waals surface area (Å²) in [4.78, 5) is 2.10. The minimum atomic E-state index is 0.724. The third-order valence-electron chi connectivity index (χ3n) is 1.18. The third-order valence-corrected chi connectivity index (χ3v) is 1.18. The maximum absolute atomic E-state index is 5.28. The number of ether oxygens (including phenoxy) is 1. The zero-order chi connectivity index (χ0) is 7.82. The van der Waals surface area contributed by atoms with Crippen molar-refractivity contribution >= 4 is 0 Å². The van der Waals surface area contributed by atoms with E-state index in [1.807, 2.05) is 14.1 Å². The lowest BCUT2D eigenvalue weighted by Gasteiger charge is -2.08. The number of nitrogens with two attached hydrogens (primary N) is 1. The maximum atomic E-state index is 5.28. The molecule has 0 fully saturated rings. The molecular formula is C7H18N2O. The summed E-state index contributed by atoms with van der Waals surface area (Å²) >= 11 is 0. The molecule has 0 atom stereocenters. The van der Waals surface area contributed by atoms with E-state index in [-0.39, 0.29) is 0 Å². The second-order valence-corrected chi connectivity index (χ2v) is 2.56. The molecule has 3 heteroatoms. The highest BCUT2D eigenvalue weighted by atomic mass is 16.5. The molecule has 0 aliphatic heterocycles. The molecule has 3 nitrogen and oxygen atoms in total. The summed E-state index contributed by atoms with van der Waals surface area (Å²) in [7, 11) is 4.07. The highest BCUT2D eigenvalue weighted by Crippen LogP contribution is 1.80. The first-order valence-corrected chi connectivity index (χ1v) is 3.70. The van der Waals surface area contributed by atoms with Gasteiger partial charge in [-0.15, -0.1) is 0 Å². The van der Waals surface area contributed by atoms with Gasteiger partial charge >= 0.3 is 0 Å². The van der Waals surface area contributed by atoms with E-state index in [0.29, 0.717) is 0 Å². The molecule has 0 aromatic rings. The molecular weight excluding hydrogens is 128 g/mol. The molecule has 0 saturated heterocycles. The molecule has 62 valence electrons. The van der Waals surface area contributed by atoms with E-state index >= 15 is 0 Å². The normalized spacial score (nSPS) is 10.8. The minimum absolute atomic E-state index is 0.724. The van der Waals surface area contributed by atoms with Gasteiger partial charge < -0.3 is 15.4 Å². The molecule has 10 heavy (non-hydrogen) atoms. The Morgan fingerprint density at radius 1 is 1.30 bits per heavy atom. The van der Waals surface area contributed by atoms with Gasteiger partial charge in [0.2, 0.25) is 0 Å². The van der Waals surface area contributed by atoms with Crippen LogP contribution >= 0.6 is 0 Å². The van der Waals surface area contributed by atoms with E-state index in [4.69, 9.17) is 10.5 Å². The van der Waals surface area contributed by atoms with Crippen molar-refractivity contribution in [2.45, 2.75) is 6.42 Å². The molecule has 0 spiro atoms. The van der Waals surface area contributed by atoms with E-state index in [1.54, 1.807) is 0 Å². The van der Waals surface area contributed by atoms with Crippen molar-refractivity contribution in [2.75, 3.05) is 40.4 Å². The van der Waals surface area contributed by atoms with Gasteiger partial charge in [0.25, 0.3) is 0 Å². The van der Waals surface area contributed by atoms with Crippen LogP contribution in [0.5, 0.6) is 0 Å². The van der Waals surface area contributed by atoms with E-state index < -0.39 is 0 Å². The molecule has 0 aliphatic carbocycles. The Bertz CT molecular complexity index is 66.6. The minimum Gasteiger partial charge on any atom is -0.380 e. The summed E-state index contributed by atoms with van der Waals surface area (Å²) in [5.74, 6) is 0. The molecule has 0 amide bonds. The fraction of sp³-hybridized carbons (Fsp3) is 1.00. The fourth-order valence-corrected chi connectivity index (χ4v) is 0.535. The number of hydrogen-bond acceptors (Lipinski definition) is 3. The zero-order valence-corrected chi connectivity index (χ0v) is 6.97. The van der Waals surface area contributed by atoms with Gasteiger partial charge in [-0.3, -0.25) is 0 Å². The van der Waals surface area contributed by atoms with Crippen molar-refractivity contribution in [3.8, 4) is 0 Å². The third kappa shape index (κ3) is 7.88. The first kappa shape index (κ1) is 9.88. The van der Waals surface area contributed by atoms with Crippen LogP contribution in [-0.2, 0) is 4.74 Å². The Morgan fingerprint density at radius 2 is 2.00 bits per heavy atom. The molecule has 0 aromatic heterocycles. The van der Waals surface area contributed by atoms with E-state index in [0.717, 1.165) is 32.7 Å². The van der Waals surface area contributed by atoms with Crippen LogP contribution in [0.25, 0.3) is 0 Å². The van der Waals surface area contributed by atoms with Crippen LogP contribution in [0.1, 0.15) is 6.42 Å². The summed E-state index contributed by atoms with van der Waals surface area (Å²) in [6.07, 6.45) is 0.966. The summed E-state index contributed by atoms with van der Waals surface area (Å²) in [6.45, 7) is 3.32. The lowest BCUT2D eigenvalue weighted by molar-refractivity contribution is 0.117. The van der Waals surface area contributed by atoms with Crippen LogP contribution in [0.3, 0.4) is 0 Å². The van der Waals surface area contributed by atoms with Crippen molar-refractivity contribution in [1.29, 1.82) is 0 Å². The predicted octanol–water partition coefficient (Wildman–Crippen LogP) is -0.0866. The number of rotatable bonds is 6. The standard InChI is InChI=1S/C7H18N2O/c1-9(2)5-7-10-6-3-4-8/h3-8H2,1-2H3. The van der Waals surface area contributed by atoms with Crippen molar-refractivity contribution < 1.29 is 4.74 Å². The van der Waals surface area contributed by atoms with E-state index in [2.05, 4.69) is 4.90 Å². The number of hydrogen-bond donors (Lipinski definition) is 1. The van der Waals surface area contributed by atoms with Gasteiger partial charge in [-0.2, -0.15) is 0 Å². The Labute approximate surface area is 63.1 Å². The monoisotopic (exact) mass is 146 g/mol. The van der Waals surface area contributed by atoms with Crippen LogP contribution in [0.15, 0.2) is 0 Å². The number of nitrogens with zero attached hydrogens (tertiary/aromatic N) is 1. The predicted molar refractivity (Wildman–Crippen MR) is 43.0 cm³/mol. The molecule has 0 rings (SSSR count). The van der Waals surface area contributed by atoms with Gasteiger partial charge in [0.1, 0.15) is 0 Å². The van der Waals surface area contributed by atoms with Gasteiger partial charge in [0.05, 0.1) is 6.61 Å². The lowest BCUT2D eigenvalue weighted by atomic mass is 10.5. The molecule has 0 saturated carbocycles. The molecule has 0 unspecified atom stereocenters. The van der Waals surface area contributed by atoms with Crippen molar-refractivity contribution in [1.82, 2.24) is 4.90 Å². The van der Waals surface area contributed by atoms with Gasteiger partial charge in [-0.1, -0.05) is 0 Å². The van der Waals surface area contributed by atoms with Gasteiger partial charge in [-0.05, 0) is 27.1 Å². The summed E-state index contributed by atoms with van der Waals surface area (Å²) in [6, 6.07) is 0. The van der Waals surface area contributed by atoms with Crippen LogP contribution < -0.4 is 5.73 Å². The van der Waals surface area contributed by atoms with Crippen molar-refractivity contribution in [3.63, 3.8) is 0 Å². The van der Waals surface area contributed by atoms with Crippen LogP contribution in [0.4, 0.5) is 0 Å². The smallest absolute Gasteiger partial charge is 0.0593 e. The summed E-state index contributed by atoms with van der Waals surface area (Å²) in [5, 5.41) is 0. The number of likely N-dealkylation sites (N-methyl/N-ethyl adjacent to an activating group) is 1. The first-order chi connectivity index (χ1) is 4.77. The Kier molecular flexibility index (Phi) is 6.91. The topological polar surface area (TPSA) is 38.5 Å². The average molecular weight is 146 g/mol. The first-order valence-electron chi connectivity index (χ1n) is 3.70.